The van der Waals surface area contributed by atoms with E-state index >= 15 is 0 Å². The zero-order valence-corrected chi connectivity index (χ0v) is 12.1. The molecule has 0 aromatic heterocycles. The average Bonchev–Trinajstić information content (AvgIpc) is 3.09. The highest BCUT2D eigenvalue weighted by Crippen LogP contribution is 2.25. The van der Waals surface area contributed by atoms with Crippen molar-refractivity contribution in [1.82, 2.24) is 10.2 Å². The van der Waals surface area contributed by atoms with E-state index in [4.69, 9.17) is 0 Å². The molecule has 1 N–H and O–H groups in total. The van der Waals surface area contributed by atoms with Crippen molar-refractivity contribution in [2.24, 2.45) is 0 Å². The number of benzene rings is 1. The summed E-state index contributed by atoms with van der Waals surface area (Å²) < 4.78 is 0. The molecule has 104 valence electrons. The quantitative estimate of drug-likeness (QED) is 0.842. The highest BCUT2D eigenvalue weighted by Gasteiger charge is 2.22. The Balaban J connectivity index is 1.61. The summed E-state index contributed by atoms with van der Waals surface area (Å²) in [6.07, 6.45) is 8.34. The van der Waals surface area contributed by atoms with Gasteiger partial charge in [0.2, 0.25) is 0 Å². The van der Waals surface area contributed by atoms with Gasteiger partial charge >= 0.3 is 0 Å². The topological polar surface area (TPSA) is 15.3 Å². The van der Waals surface area contributed by atoms with Crippen molar-refractivity contribution in [3.8, 4) is 0 Å². The van der Waals surface area contributed by atoms with Crippen molar-refractivity contribution in [2.45, 2.75) is 63.7 Å². The van der Waals surface area contributed by atoms with Crippen molar-refractivity contribution in [1.29, 1.82) is 0 Å². The Morgan fingerprint density at radius 1 is 1.05 bits per heavy atom. The summed E-state index contributed by atoms with van der Waals surface area (Å²) in [6.45, 7) is 2.15. The van der Waals surface area contributed by atoms with Gasteiger partial charge in [0.05, 0.1) is 0 Å². The summed E-state index contributed by atoms with van der Waals surface area (Å²) in [6, 6.07) is 10.5. The van der Waals surface area contributed by atoms with Gasteiger partial charge < -0.3 is 5.32 Å². The number of hydrogen-bond donors (Lipinski definition) is 1. The molecule has 0 radical (unpaired) electrons. The zero-order chi connectivity index (χ0) is 13.1. The molecular weight excluding hydrogens is 232 g/mol. The van der Waals surface area contributed by atoms with Crippen molar-refractivity contribution in [2.75, 3.05) is 7.05 Å². The number of nitrogens with zero attached hydrogens (tertiary/aromatic N) is 1. The lowest BCUT2D eigenvalue weighted by molar-refractivity contribution is 0.236. The summed E-state index contributed by atoms with van der Waals surface area (Å²) in [7, 11) is 2.29. The number of nitrogens with one attached hydrogen (secondary N) is 1. The van der Waals surface area contributed by atoms with Gasteiger partial charge in [-0.05, 0) is 43.9 Å². The molecule has 1 aromatic rings. The zero-order valence-electron chi connectivity index (χ0n) is 12.1. The molecule has 0 unspecified atom stereocenters. The summed E-state index contributed by atoms with van der Waals surface area (Å²) in [5.74, 6) is 0. The molecular formula is C17H26N2. The van der Waals surface area contributed by atoms with E-state index in [1.807, 2.05) is 0 Å². The van der Waals surface area contributed by atoms with Crippen LogP contribution >= 0.6 is 0 Å². The van der Waals surface area contributed by atoms with Crippen molar-refractivity contribution in [3.05, 3.63) is 35.4 Å². The van der Waals surface area contributed by atoms with E-state index in [2.05, 4.69) is 41.5 Å². The third-order valence-electron chi connectivity index (χ3n) is 4.64. The lowest BCUT2D eigenvalue weighted by Crippen LogP contribution is -2.29. The smallest absolute Gasteiger partial charge is 0.0236 e. The second-order valence-corrected chi connectivity index (χ2v) is 6.28. The molecule has 2 nitrogen and oxygen atoms in total. The van der Waals surface area contributed by atoms with Gasteiger partial charge in [-0.25, -0.2) is 0 Å². The lowest BCUT2D eigenvalue weighted by Gasteiger charge is -2.25. The van der Waals surface area contributed by atoms with Gasteiger partial charge in [0.1, 0.15) is 0 Å². The van der Waals surface area contributed by atoms with Crippen LogP contribution in [0.5, 0.6) is 0 Å². The van der Waals surface area contributed by atoms with E-state index in [1.54, 1.807) is 0 Å². The number of hydrogen-bond acceptors (Lipinski definition) is 2. The fraction of sp³-hybridized carbons (Fsp3) is 0.647. The van der Waals surface area contributed by atoms with Gasteiger partial charge in [-0.1, -0.05) is 37.1 Å². The van der Waals surface area contributed by atoms with Crippen molar-refractivity contribution in [3.63, 3.8) is 0 Å². The Kier molecular flexibility index (Phi) is 4.19. The van der Waals surface area contributed by atoms with E-state index in [1.165, 1.54) is 49.7 Å². The lowest BCUT2D eigenvalue weighted by atomic mass is 10.1. The Morgan fingerprint density at radius 3 is 2.42 bits per heavy atom. The molecule has 2 heteroatoms. The van der Waals surface area contributed by atoms with Gasteiger partial charge in [0.25, 0.3) is 0 Å². The average molecular weight is 258 g/mol. The molecule has 1 aromatic carbocycles. The van der Waals surface area contributed by atoms with Crippen LogP contribution in [-0.2, 0) is 13.1 Å². The molecule has 0 amide bonds. The van der Waals surface area contributed by atoms with E-state index in [-0.39, 0.29) is 0 Å². The third-order valence-corrected chi connectivity index (χ3v) is 4.64. The molecule has 0 aliphatic heterocycles. The molecule has 2 aliphatic rings. The Hall–Kier alpha value is -0.860. The first-order valence-electron chi connectivity index (χ1n) is 7.83. The van der Waals surface area contributed by atoms with E-state index in [0.29, 0.717) is 0 Å². The normalized spacial score (nSPS) is 20.3. The largest absolute Gasteiger partial charge is 0.310 e. The first kappa shape index (κ1) is 13.1. The highest BCUT2D eigenvalue weighted by molar-refractivity contribution is 5.27. The highest BCUT2D eigenvalue weighted by atomic mass is 15.1. The Labute approximate surface area is 117 Å². The minimum Gasteiger partial charge on any atom is -0.310 e. The summed E-state index contributed by atoms with van der Waals surface area (Å²) in [5.41, 5.74) is 2.99. The molecule has 0 bridgehead atoms. The molecule has 3 rings (SSSR count). The minimum atomic E-state index is 0.792. The fourth-order valence-electron chi connectivity index (χ4n) is 3.17. The second kappa shape index (κ2) is 6.06. The summed E-state index contributed by atoms with van der Waals surface area (Å²) in [5, 5.41) is 3.64. The van der Waals surface area contributed by atoms with E-state index in [9.17, 15) is 0 Å². The van der Waals surface area contributed by atoms with Crippen LogP contribution in [0.3, 0.4) is 0 Å². The van der Waals surface area contributed by atoms with Crippen LogP contribution in [0.2, 0.25) is 0 Å². The van der Waals surface area contributed by atoms with Crippen molar-refractivity contribution >= 4 is 0 Å². The van der Waals surface area contributed by atoms with Gasteiger partial charge in [-0.3, -0.25) is 4.90 Å². The standard InChI is InChI=1S/C17H26N2/c1-19(17-8-4-5-9-17)13-15-7-3-2-6-14(15)12-18-16-10-11-16/h2-3,6-7,16-18H,4-5,8-13H2,1H3. The van der Waals surface area contributed by atoms with Crippen LogP contribution in [0.25, 0.3) is 0 Å². The van der Waals surface area contributed by atoms with Crippen LogP contribution < -0.4 is 5.32 Å². The molecule has 2 fully saturated rings. The minimum absolute atomic E-state index is 0.792. The van der Waals surface area contributed by atoms with Crippen molar-refractivity contribution < 1.29 is 0 Å². The van der Waals surface area contributed by atoms with E-state index < -0.39 is 0 Å². The molecule has 2 saturated carbocycles. The van der Waals surface area contributed by atoms with Crippen LogP contribution in [0.4, 0.5) is 0 Å². The molecule has 0 heterocycles. The first-order chi connectivity index (χ1) is 9.33. The first-order valence-corrected chi connectivity index (χ1v) is 7.83. The molecule has 2 aliphatic carbocycles. The predicted octanol–water partition coefficient (Wildman–Crippen LogP) is 3.31. The van der Waals surface area contributed by atoms with Crippen LogP contribution in [0, 0.1) is 0 Å². The van der Waals surface area contributed by atoms with Crippen LogP contribution in [-0.4, -0.2) is 24.0 Å². The van der Waals surface area contributed by atoms with Crippen LogP contribution in [0.15, 0.2) is 24.3 Å². The van der Waals surface area contributed by atoms with Gasteiger partial charge in [-0.2, -0.15) is 0 Å². The SMILES string of the molecule is CN(Cc1ccccc1CNC1CC1)C1CCCC1. The summed E-state index contributed by atoms with van der Waals surface area (Å²) >= 11 is 0. The van der Waals surface area contributed by atoms with Gasteiger partial charge in [-0.15, -0.1) is 0 Å². The molecule has 0 spiro atoms. The maximum Gasteiger partial charge on any atom is 0.0236 e. The number of rotatable bonds is 6. The fourth-order valence-corrected chi connectivity index (χ4v) is 3.17. The maximum absolute atomic E-state index is 3.64. The van der Waals surface area contributed by atoms with E-state index in [0.717, 1.165) is 25.2 Å². The molecule has 0 saturated heterocycles. The Morgan fingerprint density at radius 2 is 1.74 bits per heavy atom. The second-order valence-electron chi connectivity index (χ2n) is 6.28. The van der Waals surface area contributed by atoms with Gasteiger partial charge in [0.15, 0.2) is 0 Å². The molecule has 0 atom stereocenters. The predicted molar refractivity (Wildman–Crippen MR) is 80.0 cm³/mol. The Bertz CT molecular complexity index is 405. The monoisotopic (exact) mass is 258 g/mol. The third kappa shape index (κ3) is 3.58. The maximum atomic E-state index is 3.64. The molecule has 19 heavy (non-hydrogen) atoms. The van der Waals surface area contributed by atoms with Crippen LogP contribution in [0.1, 0.15) is 49.7 Å². The summed E-state index contributed by atoms with van der Waals surface area (Å²) in [4.78, 5) is 2.56. The van der Waals surface area contributed by atoms with Gasteiger partial charge in [0, 0.05) is 25.2 Å².